The Bertz CT molecular complexity index is 1620. The highest BCUT2D eigenvalue weighted by atomic mass is 16.6. The summed E-state index contributed by atoms with van der Waals surface area (Å²) >= 11 is 0. The first-order valence-electron chi connectivity index (χ1n) is 13.4. The molecule has 0 spiro atoms. The fourth-order valence-electron chi connectivity index (χ4n) is 3.87. The number of hydrogen-bond acceptors (Lipinski definition) is 11. The third kappa shape index (κ3) is 8.24. The maximum Gasteiger partial charge on any atom is 0.269 e. The average Bonchev–Trinajstić information content (AvgIpc) is 3.02. The normalized spacial score (nSPS) is 10.7. The van der Waals surface area contributed by atoms with Gasteiger partial charge in [0.2, 0.25) is 17.8 Å². The van der Waals surface area contributed by atoms with E-state index in [1.165, 1.54) is 12.1 Å². The van der Waals surface area contributed by atoms with Crippen molar-refractivity contribution in [3.8, 4) is 11.5 Å². The molecule has 0 aliphatic carbocycles. The van der Waals surface area contributed by atoms with Gasteiger partial charge in [0.05, 0.1) is 17.7 Å². The van der Waals surface area contributed by atoms with E-state index < -0.39 is 4.92 Å². The van der Waals surface area contributed by atoms with Gasteiger partial charge in [0.1, 0.15) is 6.61 Å². The van der Waals surface area contributed by atoms with Crippen molar-refractivity contribution in [2.24, 2.45) is 5.10 Å². The molecule has 0 unspecified atom stereocenters. The first-order chi connectivity index (χ1) is 21.1. The molecule has 5 rings (SSSR count). The summed E-state index contributed by atoms with van der Waals surface area (Å²) in [6, 6.07) is 30.8. The fourth-order valence-corrected chi connectivity index (χ4v) is 3.87. The molecule has 0 fully saturated rings. The summed E-state index contributed by atoms with van der Waals surface area (Å²) in [6.07, 6.45) is 1.61. The molecule has 0 atom stereocenters. The van der Waals surface area contributed by atoms with Crippen molar-refractivity contribution >= 4 is 41.1 Å². The number of nitrogens with one attached hydrogen (secondary N) is 3. The molecular formula is C31H28N8O4. The molecule has 43 heavy (non-hydrogen) atoms. The molecule has 0 radical (unpaired) electrons. The topological polar surface area (TPSA) is 149 Å². The number of para-hydroxylation sites is 2. The summed E-state index contributed by atoms with van der Waals surface area (Å²) in [7, 11) is 0. The SMILES string of the molecule is CCOc1cc(/C=N\Nc2nc(Nc3ccccc3)nc(Nc3ccccc3)n2)ccc1OCc1ccc([N+](=O)[O-])cc1. The summed E-state index contributed by atoms with van der Waals surface area (Å²) in [4.78, 5) is 23.8. The molecular weight excluding hydrogens is 548 g/mol. The molecule has 0 aliphatic heterocycles. The maximum atomic E-state index is 10.9. The monoisotopic (exact) mass is 576 g/mol. The van der Waals surface area contributed by atoms with E-state index in [1.807, 2.05) is 73.7 Å². The van der Waals surface area contributed by atoms with Gasteiger partial charge in [0, 0.05) is 23.5 Å². The Hall–Kier alpha value is -6.04. The molecule has 0 aliphatic rings. The van der Waals surface area contributed by atoms with Gasteiger partial charge in [-0.05, 0) is 72.6 Å². The first-order valence-corrected chi connectivity index (χ1v) is 13.4. The van der Waals surface area contributed by atoms with Crippen LogP contribution in [0.1, 0.15) is 18.1 Å². The molecule has 216 valence electrons. The van der Waals surface area contributed by atoms with Crippen molar-refractivity contribution in [2.75, 3.05) is 22.7 Å². The maximum absolute atomic E-state index is 10.9. The lowest BCUT2D eigenvalue weighted by Crippen LogP contribution is -2.07. The minimum absolute atomic E-state index is 0.0283. The van der Waals surface area contributed by atoms with Crippen LogP contribution in [0.25, 0.3) is 0 Å². The average molecular weight is 577 g/mol. The van der Waals surface area contributed by atoms with Gasteiger partial charge in [-0.25, -0.2) is 5.43 Å². The third-order valence-electron chi connectivity index (χ3n) is 5.88. The Morgan fingerprint density at radius 2 is 1.37 bits per heavy atom. The summed E-state index contributed by atoms with van der Waals surface area (Å²) in [5, 5.41) is 21.6. The van der Waals surface area contributed by atoms with Gasteiger partial charge in [-0.2, -0.15) is 20.1 Å². The van der Waals surface area contributed by atoms with Crippen LogP contribution in [0.2, 0.25) is 0 Å². The van der Waals surface area contributed by atoms with Crippen molar-refractivity contribution in [1.82, 2.24) is 15.0 Å². The second kappa shape index (κ2) is 14.0. The zero-order valence-corrected chi connectivity index (χ0v) is 23.2. The van der Waals surface area contributed by atoms with E-state index in [2.05, 4.69) is 36.1 Å². The molecule has 1 aromatic heterocycles. The highest BCUT2D eigenvalue weighted by Crippen LogP contribution is 2.29. The second-order valence-corrected chi connectivity index (χ2v) is 9.01. The van der Waals surface area contributed by atoms with E-state index in [-0.39, 0.29) is 18.2 Å². The predicted octanol–water partition coefficient (Wildman–Crippen LogP) is 6.69. The molecule has 0 saturated heterocycles. The Morgan fingerprint density at radius 3 is 1.95 bits per heavy atom. The zero-order chi connectivity index (χ0) is 29.9. The van der Waals surface area contributed by atoms with Crippen LogP contribution in [-0.2, 0) is 6.61 Å². The molecule has 12 nitrogen and oxygen atoms in total. The van der Waals surface area contributed by atoms with E-state index in [0.29, 0.717) is 30.0 Å². The summed E-state index contributed by atoms with van der Waals surface area (Å²) < 4.78 is 11.7. The number of hydrazone groups is 1. The number of rotatable bonds is 13. The molecule has 5 aromatic rings. The number of non-ortho nitro benzene ring substituents is 1. The third-order valence-corrected chi connectivity index (χ3v) is 5.88. The van der Waals surface area contributed by atoms with Gasteiger partial charge in [-0.15, -0.1) is 0 Å². The van der Waals surface area contributed by atoms with Gasteiger partial charge in [0.15, 0.2) is 11.5 Å². The Morgan fingerprint density at radius 1 is 0.767 bits per heavy atom. The summed E-state index contributed by atoms with van der Waals surface area (Å²) in [5.74, 6) is 1.99. The highest BCUT2D eigenvalue weighted by molar-refractivity contribution is 5.81. The van der Waals surface area contributed by atoms with Crippen molar-refractivity contribution in [1.29, 1.82) is 0 Å². The summed E-state index contributed by atoms with van der Waals surface area (Å²) in [6.45, 7) is 2.54. The molecule has 0 bridgehead atoms. The van der Waals surface area contributed by atoms with Crippen LogP contribution in [0.15, 0.2) is 108 Å². The Balaban J connectivity index is 1.29. The van der Waals surface area contributed by atoms with Crippen LogP contribution >= 0.6 is 0 Å². The van der Waals surface area contributed by atoms with E-state index in [0.717, 1.165) is 22.5 Å². The van der Waals surface area contributed by atoms with Gasteiger partial charge >= 0.3 is 0 Å². The zero-order valence-electron chi connectivity index (χ0n) is 23.2. The van der Waals surface area contributed by atoms with Gasteiger partial charge in [-0.1, -0.05) is 36.4 Å². The number of anilines is 5. The predicted molar refractivity (Wildman–Crippen MR) is 166 cm³/mol. The number of nitro benzene ring substituents is 1. The Labute approximate surface area is 247 Å². The number of nitrogens with zero attached hydrogens (tertiary/aromatic N) is 5. The number of ether oxygens (including phenoxy) is 2. The smallest absolute Gasteiger partial charge is 0.269 e. The summed E-state index contributed by atoms with van der Waals surface area (Å²) in [5.41, 5.74) is 6.10. The largest absolute Gasteiger partial charge is 0.490 e. The molecule has 0 amide bonds. The first kappa shape index (κ1) is 28.5. The lowest BCUT2D eigenvalue weighted by molar-refractivity contribution is -0.384. The highest BCUT2D eigenvalue weighted by Gasteiger charge is 2.10. The van der Waals surface area contributed by atoms with Gasteiger partial charge < -0.3 is 20.1 Å². The van der Waals surface area contributed by atoms with Crippen LogP contribution in [0.5, 0.6) is 11.5 Å². The quantitative estimate of drug-likeness (QED) is 0.0786. The van der Waals surface area contributed by atoms with Crippen LogP contribution in [0, 0.1) is 10.1 Å². The number of aromatic nitrogens is 3. The lowest BCUT2D eigenvalue weighted by Gasteiger charge is -2.12. The fraction of sp³-hybridized carbons (Fsp3) is 0.0968. The minimum Gasteiger partial charge on any atom is -0.490 e. The number of hydrogen-bond donors (Lipinski definition) is 3. The molecule has 4 aromatic carbocycles. The van der Waals surface area contributed by atoms with Gasteiger partial charge in [0.25, 0.3) is 5.69 Å². The number of nitro groups is 1. The molecule has 1 heterocycles. The van der Waals surface area contributed by atoms with Gasteiger partial charge in [-0.3, -0.25) is 10.1 Å². The minimum atomic E-state index is -0.436. The molecule has 0 saturated carbocycles. The number of benzene rings is 4. The lowest BCUT2D eigenvalue weighted by atomic mass is 10.2. The van der Waals surface area contributed by atoms with E-state index in [4.69, 9.17) is 9.47 Å². The standard InChI is InChI=1S/C31H28N8O4/c1-2-42-28-19-23(15-18-27(28)43-21-22-13-16-26(17-14-22)39(40)41)20-32-38-31-36-29(33-24-9-5-3-6-10-24)35-30(37-31)34-25-11-7-4-8-12-25/h3-20H,2,21H2,1H3,(H3,33,34,35,36,37,38)/b32-20-. The van der Waals surface area contributed by atoms with E-state index in [1.54, 1.807) is 30.5 Å². The molecule has 12 heteroatoms. The van der Waals surface area contributed by atoms with Crippen LogP contribution in [0.3, 0.4) is 0 Å². The van der Waals surface area contributed by atoms with Crippen molar-refractivity contribution in [2.45, 2.75) is 13.5 Å². The Kier molecular flexibility index (Phi) is 9.30. The van der Waals surface area contributed by atoms with Crippen molar-refractivity contribution in [3.63, 3.8) is 0 Å². The molecule has 3 N–H and O–H groups in total. The second-order valence-electron chi connectivity index (χ2n) is 9.01. The van der Waals surface area contributed by atoms with Crippen molar-refractivity contribution < 1.29 is 14.4 Å². The van der Waals surface area contributed by atoms with Crippen LogP contribution in [-0.4, -0.2) is 32.7 Å². The van der Waals surface area contributed by atoms with E-state index >= 15 is 0 Å². The van der Waals surface area contributed by atoms with E-state index in [9.17, 15) is 10.1 Å². The van der Waals surface area contributed by atoms with Crippen molar-refractivity contribution in [3.05, 3.63) is 124 Å². The van der Waals surface area contributed by atoms with Crippen LogP contribution < -0.4 is 25.5 Å². The van der Waals surface area contributed by atoms with Crippen LogP contribution in [0.4, 0.5) is 34.9 Å².